The molecule has 0 bridgehead atoms. The Hall–Kier alpha value is -0.260. The summed E-state index contributed by atoms with van der Waals surface area (Å²) in [5.74, 6) is 1.55. The number of hydrogen-bond acceptors (Lipinski definition) is 0. The van der Waals surface area contributed by atoms with Crippen molar-refractivity contribution in [2.75, 3.05) is 0 Å². The highest BCUT2D eigenvalue weighted by atomic mass is 14.4. The molecule has 0 heterocycles. The normalized spacial score (nSPS) is 24.7. The van der Waals surface area contributed by atoms with E-state index in [1.54, 1.807) is 0 Å². The minimum absolute atomic E-state index is 0.473. The molecule has 0 aliphatic heterocycles. The van der Waals surface area contributed by atoms with Gasteiger partial charge in [-0.15, -0.1) is 0 Å². The largest absolute Gasteiger partial charge is 0.0880 e. The quantitative estimate of drug-likeness (QED) is 0.554. The first kappa shape index (κ1) is 11.8. The number of hydrogen-bond donors (Lipinski definition) is 0. The molecule has 0 saturated carbocycles. The van der Waals surface area contributed by atoms with E-state index in [0.717, 1.165) is 11.8 Å². The Morgan fingerprint density at radius 1 is 0.929 bits per heavy atom. The van der Waals surface area contributed by atoms with Crippen LogP contribution in [0.2, 0.25) is 0 Å². The van der Waals surface area contributed by atoms with Crippen LogP contribution in [-0.4, -0.2) is 0 Å². The summed E-state index contributed by atoms with van der Waals surface area (Å²) >= 11 is 0. The van der Waals surface area contributed by atoms with Gasteiger partial charge in [0, 0.05) is 0 Å². The van der Waals surface area contributed by atoms with Gasteiger partial charge in [0.05, 0.1) is 0 Å². The highest BCUT2D eigenvalue weighted by Crippen LogP contribution is 2.43. The van der Waals surface area contributed by atoms with Gasteiger partial charge in [0.15, 0.2) is 0 Å². The molecular weight excluding hydrogens is 168 g/mol. The van der Waals surface area contributed by atoms with Crippen molar-refractivity contribution in [2.24, 2.45) is 17.3 Å². The molecule has 0 aromatic heterocycles. The molecule has 0 atom stereocenters. The zero-order chi connectivity index (χ0) is 10.6. The van der Waals surface area contributed by atoms with Crippen LogP contribution in [0.3, 0.4) is 0 Å². The smallest absolute Gasteiger partial charge is 0.00723 e. The minimum atomic E-state index is 0.473. The van der Waals surface area contributed by atoms with Crippen LogP contribution in [0.25, 0.3) is 0 Å². The van der Waals surface area contributed by atoms with Crippen molar-refractivity contribution in [1.82, 2.24) is 0 Å². The maximum Gasteiger partial charge on any atom is -0.00723 e. The summed E-state index contributed by atoms with van der Waals surface area (Å²) in [6, 6.07) is 0. The molecule has 0 saturated heterocycles. The van der Waals surface area contributed by atoms with Crippen LogP contribution in [0.5, 0.6) is 0 Å². The Labute approximate surface area is 89.8 Å². The lowest BCUT2D eigenvalue weighted by Gasteiger charge is -2.40. The summed E-state index contributed by atoms with van der Waals surface area (Å²) in [6.45, 7) is 9.52. The van der Waals surface area contributed by atoms with E-state index in [0.29, 0.717) is 5.41 Å². The van der Waals surface area contributed by atoms with Crippen LogP contribution < -0.4 is 0 Å². The first-order valence-electron chi connectivity index (χ1n) is 6.27. The van der Waals surface area contributed by atoms with Crippen molar-refractivity contribution in [2.45, 2.75) is 59.8 Å². The summed E-state index contributed by atoms with van der Waals surface area (Å²) < 4.78 is 0. The van der Waals surface area contributed by atoms with Gasteiger partial charge in [-0.3, -0.25) is 0 Å². The predicted octanol–water partition coefficient (Wildman–Crippen LogP) is 4.81. The molecule has 0 radical (unpaired) electrons. The van der Waals surface area contributed by atoms with E-state index in [1.807, 2.05) is 0 Å². The van der Waals surface area contributed by atoms with E-state index in [4.69, 9.17) is 0 Å². The average Bonchev–Trinajstić information content (AvgIpc) is 2.02. The van der Waals surface area contributed by atoms with Gasteiger partial charge in [0.25, 0.3) is 0 Å². The van der Waals surface area contributed by atoms with Crippen LogP contribution in [0.15, 0.2) is 12.2 Å². The molecule has 0 aromatic rings. The minimum Gasteiger partial charge on any atom is -0.0880 e. The van der Waals surface area contributed by atoms with Crippen molar-refractivity contribution in [3.05, 3.63) is 12.2 Å². The van der Waals surface area contributed by atoms with E-state index in [2.05, 4.69) is 39.8 Å². The molecule has 1 aliphatic rings. The summed E-state index contributed by atoms with van der Waals surface area (Å²) in [5.41, 5.74) is 0.473. The summed E-state index contributed by atoms with van der Waals surface area (Å²) in [6.07, 6.45) is 11.9. The van der Waals surface area contributed by atoms with Gasteiger partial charge >= 0.3 is 0 Å². The molecule has 0 amide bonds. The van der Waals surface area contributed by atoms with Crippen LogP contribution in [0.1, 0.15) is 59.8 Å². The fraction of sp³-hybridized carbons (Fsp3) is 0.857. The summed E-state index contributed by atoms with van der Waals surface area (Å²) in [5, 5.41) is 0. The Morgan fingerprint density at radius 3 is 2.14 bits per heavy atom. The van der Waals surface area contributed by atoms with Gasteiger partial charge < -0.3 is 0 Å². The number of rotatable bonds is 2. The standard InChI is InChI=1S/C14H26/c1-12(2)14(13(3)4)10-8-6-5-7-9-11-14/h8,10,12-13H,5-7,9,11H2,1-4H3/b10-8-. The summed E-state index contributed by atoms with van der Waals surface area (Å²) in [4.78, 5) is 0. The fourth-order valence-corrected chi connectivity index (χ4v) is 2.89. The second kappa shape index (κ2) is 5.00. The van der Waals surface area contributed by atoms with Crippen molar-refractivity contribution in [3.8, 4) is 0 Å². The maximum absolute atomic E-state index is 2.53. The number of allylic oxidation sites excluding steroid dienone is 2. The topological polar surface area (TPSA) is 0 Å². The molecule has 0 heteroatoms. The third kappa shape index (κ3) is 2.40. The lowest BCUT2D eigenvalue weighted by atomic mass is 9.65. The molecule has 0 N–H and O–H groups in total. The molecule has 14 heavy (non-hydrogen) atoms. The second-order valence-corrected chi connectivity index (χ2v) is 5.42. The van der Waals surface area contributed by atoms with Crippen LogP contribution in [0, 0.1) is 17.3 Å². The van der Waals surface area contributed by atoms with E-state index >= 15 is 0 Å². The van der Waals surface area contributed by atoms with Crippen LogP contribution in [-0.2, 0) is 0 Å². The highest BCUT2D eigenvalue weighted by molar-refractivity contribution is 5.04. The highest BCUT2D eigenvalue weighted by Gasteiger charge is 2.33. The first-order valence-corrected chi connectivity index (χ1v) is 6.27. The van der Waals surface area contributed by atoms with Crippen LogP contribution >= 0.6 is 0 Å². The lowest BCUT2D eigenvalue weighted by Crippen LogP contribution is -2.31. The monoisotopic (exact) mass is 194 g/mol. The maximum atomic E-state index is 2.53. The summed E-state index contributed by atoms with van der Waals surface area (Å²) in [7, 11) is 0. The Bertz CT molecular complexity index is 178. The Balaban J connectivity index is 2.86. The first-order chi connectivity index (χ1) is 6.59. The van der Waals surface area contributed by atoms with Gasteiger partial charge in [-0.25, -0.2) is 0 Å². The van der Waals surface area contributed by atoms with E-state index in [9.17, 15) is 0 Å². The molecule has 1 aliphatic carbocycles. The predicted molar refractivity (Wildman–Crippen MR) is 64.3 cm³/mol. The van der Waals surface area contributed by atoms with Crippen molar-refractivity contribution < 1.29 is 0 Å². The van der Waals surface area contributed by atoms with Gasteiger partial charge in [0.2, 0.25) is 0 Å². The van der Waals surface area contributed by atoms with Crippen molar-refractivity contribution >= 4 is 0 Å². The van der Waals surface area contributed by atoms with Gasteiger partial charge in [0.1, 0.15) is 0 Å². The molecule has 0 fully saturated rings. The molecular formula is C14H26. The molecule has 1 rings (SSSR count). The zero-order valence-electron chi connectivity index (χ0n) is 10.3. The molecule has 0 unspecified atom stereocenters. The van der Waals surface area contributed by atoms with E-state index in [1.165, 1.54) is 32.1 Å². The molecule has 0 nitrogen and oxygen atoms in total. The Morgan fingerprint density at radius 2 is 1.57 bits per heavy atom. The third-order valence-electron chi connectivity index (χ3n) is 4.06. The van der Waals surface area contributed by atoms with E-state index in [-0.39, 0.29) is 0 Å². The second-order valence-electron chi connectivity index (χ2n) is 5.42. The van der Waals surface area contributed by atoms with Gasteiger partial charge in [-0.05, 0) is 36.5 Å². The van der Waals surface area contributed by atoms with Crippen molar-refractivity contribution in [3.63, 3.8) is 0 Å². The van der Waals surface area contributed by atoms with Crippen LogP contribution in [0.4, 0.5) is 0 Å². The van der Waals surface area contributed by atoms with Gasteiger partial charge in [-0.2, -0.15) is 0 Å². The Kier molecular flexibility index (Phi) is 4.22. The average molecular weight is 194 g/mol. The van der Waals surface area contributed by atoms with Gasteiger partial charge in [-0.1, -0.05) is 52.7 Å². The molecule has 0 spiro atoms. The van der Waals surface area contributed by atoms with Crippen molar-refractivity contribution in [1.29, 1.82) is 0 Å². The third-order valence-corrected chi connectivity index (χ3v) is 4.06. The fourth-order valence-electron chi connectivity index (χ4n) is 2.89. The SMILES string of the molecule is CC(C)C1(C(C)C)/C=C\CCCCC1. The zero-order valence-corrected chi connectivity index (χ0v) is 10.3. The molecule has 82 valence electrons. The van der Waals surface area contributed by atoms with E-state index < -0.39 is 0 Å². The lowest BCUT2D eigenvalue weighted by molar-refractivity contribution is 0.155. The molecule has 0 aromatic carbocycles.